The summed E-state index contributed by atoms with van der Waals surface area (Å²) in [6.45, 7) is 3.34. The Hall–Kier alpha value is -2.21. The molecule has 21 heavy (non-hydrogen) atoms. The number of aromatic nitrogens is 3. The van der Waals surface area contributed by atoms with Crippen molar-refractivity contribution in [1.29, 1.82) is 0 Å². The topological polar surface area (TPSA) is 77.0 Å². The molecule has 6 heteroatoms. The van der Waals surface area contributed by atoms with Gasteiger partial charge in [-0.05, 0) is 31.9 Å². The number of piperidine rings is 1. The molecule has 1 fully saturated rings. The molecule has 2 aromatic rings. The van der Waals surface area contributed by atoms with Crippen LogP contribution in [0.3, 0.4) is 0 Å². The van der Waals surface area contributed by atoms with Gasteiger partial charge in [-0.15, -0.1) is 0 Å². The van der Waals surface area contributed by atoms with Crippen molar-refractivity contribution >= 4 is 5.91 Å². The van der Waals surface area contributed by atoms with Crippen LogP contribution >= 0.6 is 0 Å². The summed E-state index contributed by atoms with van der Waals surface area (Å²) in [6.07, 6.45) is 5.13. The fourth-order valence-corrected chi connectivity index (χ4v) is 2.70. The largest absolute Gasteiger partial charge is 0.337 e. The fourth-order valence-electron chi connectivity index (χ4n) is 2.70. The fraction of sp³-hybridized carbons (Fsp3) is 0.400. The van der Waals surface area contributed by atoms with Gasteiger partial charge in [0.1, 0.15) is 0 Å². The number of likely N-dealkylation sites (tertiary alicyclic amines) is 1. The Morgan fingerprint density at radius 2 is 2.10 bits per heavy atom. The molecule has 110 valence electrons. The molecule has 2 N–H and O–H groups in total. The smallest absolute Gasteiger partial charge is 0.256 e. The second-order valence-electron chi connectivity index (χ2n) is 5.49. The number of nitrogens with zero attached hydrogens (tertiary/aromatic N) is 4. The van der Waals surface area contributed by atoms with Crippen LogP contribution in [0.2, 0.25) is 0 Å². The standard InChI is InChI=1S/C15H19N5O/c1-11-4-5-14(20-17-6-7-18-20)13(9-11)15(21)19-8-2-3-12(16)10-19/h4-7,9,12H,2-3,8,10,16H2,1H3. The molecule has 1 atom stereocenters. The van der Waals surface area contributed by atoms with E-state index in [0.717, 1.165) is 24.9 Å². The predicted octanol–water partition coefficient (Wildman–Crippen LogP) is 1.14. The second kappa shape index (κ2) is 5.65. The summed E-state index contributed by atoms with van der Waals surface area (Å²) in [6, 6.07) is 5.80. The third-order valence-corrected chi connectivity index (χ3v) is 3.76. The van der Waals surface area contributed by atoms with Crippen LogP contribution < -0.4 is 5.73 Å². The van der Waals surface area contributed by atoms with Crippen LogP contribution in [0.15, 0.2) is 30.6 Å². The first kappa shape index (κ1) is 13.8. The molecule has 0 aliphatic carbocycles. The maximum atomic E-state index is 12.8. The molecule has 1 aliphatic rings. The summed E-state index contributed by atoms with van der Waals surface area (Å²) in [7, 11) is 0. The van der Waals surface area contributed by atoms with Crippen molar-refractivity contribution in [3.63, 3.8) is 0 Å². The lowest BCUT2D eigenvalue weighted by atomic mass is 10.0. The lowest BCUT2D eigenvalue weighted by Crippen LogP contribution is -2.46. The molecule has 0 bridgehead atoms. The highest BCUT2D eigenvalue weighted by Gasteiger charge is 2.25. The van der Waals surface area contributed by atoms with Crippen LogP contribution in [-0.4, -0.2) is 44.9 Å². The van der Waals surface area contributed by atoms with Crippen molar-refractivity contribution in [3.05, 3.63) is 41.7 Å². The van der Waals surface area contributed by atoms with Gasteiger partial charge >= 0.3 is 0 Å². The van der Waals surface area contributed by atoms with E-state index < -0.39 is 0 Å². The maximum Gasteiger partial charge on any atom is 0.256 e. The Balaban J connectivity index is 1.97. The Labute approximate surface area is 123 Å². The second-order valence-corrected chi connectivity index (χ2v) is 5.49. The molecular formula is C15H19N5O. The van der Waals surface area contributed by atoms with Gasteiger partial charge in [0.15, 0.2) is 0 Å². The van der Waals surface area contributed by atoms with Crippen LogP contribution in [0.1, 0.15) is 28.8 Å². The average molecular weight is 285 g/mol. The monoisotopic (exact) mass is 285 g/mol. The van der Waals surface area contributed by atoms with Crippen molar-refractivity contribution in [3.8, 4) is 5.69 Å². The SMILES string of the molecule is Cc1ccc(-n2nccn2)c(C(=O)N2CCCC(N)C2)c1. The highest BCUT2D eigenvalue weighted by Crippen LogP contribution is 2.19. The minimum Gasteiger partial charge on any atom is -0.337 e. The predicted molar refractivity (Wildman–Crippen MR) is 79.2 cm³/mol. The molecule has 1 saturated heterocycles. The maximum absolute atomic E-state index is 12.8. The molecule has 1 aromatic carbocycles. The first-order valence-corrected chi connectivity index (χ1v) is 7.17. The number of benzene rings is 1. The quantitative estimate of drug-likeness (QED) is 0.897. The van der Waals surface area contributed by atoms with Crippen LogP contribution in [0.5, 0.6) is 0 Å². The molecule has 3 rings (SSSR count). The van der Waals surface area contributed by atoms with Crippen molar-refractivity contribution < 1.29 is 4.79 Å². The molecule has 0 spiro atoms. The third-order valence-electron chi connectivity index (χ3n) is 3.76. The van der Waals surface area contributed by atoms with Gasteiger partial charge in [-0.2, -0.15) is 15.0 Å². The normalized spacial score (nSPS) is 18.8. The highest BCUT2D eigenvalue weighted by molar-refractivity contribution is 5.98. The van der Waals surface area contributed by atoms with E-state index >= 15 is 0 Å². The summed E-state index contributed by atoms with van der Waals surface area (Å²) in [5.74, 6) is 0.00106. The molecule has 1 aromatic heterocycles. The molecular weight excluding hydrogens is 266 g/mol. The van der Waals surface area contributed by atoms with Gasteiger partial charge in [-0.1, -0.05) is 11.6 Å². The van der Waals surface area contributed by atoms with Crippen molar-refractivity contribution in [1.82, 2.24) is 19.9 Å². The van der Waals surface area contributed by atoms with Gasteiger partial charge in [0.25, 0.3) is 5.91 Å². The van der Waals surface area contributed by atoms with Gasteiger partial charge < -0.3 is 10.6 Å². The summed E-state index contributed by atoms with van der Waals surface area (Å²) < 4.78 is 0. The molecule has 0 saturated carbocycles. The first-order valence-electron chi connectivity index (χ1n) is 7.17. The van der Waals surface area contributed by atoms with Crippen molar-refractivity contribution in [2.45, 2.75) is 25.8 Å². The first-order chi connectivity index (χ1) is 10.1. The number of carbonyl (C=O) groups is 1. The highest BCUT2D eigenvalue weighted by atomic mass is 16.2. The summed E-state index contributed by atoms with van der Waals surface area (Å²) >= 11 is 0. The summed E-state index contributed by atoms with van der Waals surface area (Å²) in [5.41, 5.74) is 8.35. The third kappa shape index (κ3) is 2.80. The number of hydrogen-bond donors (Lipinski definition) is 1. The zero-order valence-corrected chi connectivity index (χ0v) is 12.1. The van der Waals surface area contributed by atoms with Gasteiger partial charge in [0, 0.05) is 19.1 Å². The summed E-state index contributed by atoms with van der Waals surface area (Å²) in [4.78, 5) is 16.1. The van der Waals surface area contributed by atoms with Gasteiger partial charge in [-0.3, -0.25) is 4.79 Å². The minimum absolute atomic E-state index is 0.00106. The van der Waals surface area contributed by atoms with E-state index in [1.54, 1.807) is 12.4 Å². The number of amides is 1. The Kier molecular flexibility index (Phi) is 3.70. The van der Waals surface area contributed by atoms with E-state index in [-0.39, 0.29) is 11.9 Å². The zero-order chi connectivity index (χ0) is 14.8. The zero-order valence-electron chi connectivity index (χ0n) is 12.1. The van der Waals surface area contributed by atoms with E-state index in [4.69, 9.17) is 5.73 Å². The number of rotatable bonds is 2. The van der Waals surface area contributed by atoms with E-state index in [1.165, 1.54) is 4.80 Å². The molecule has 1 aliphatic heterocycles. The average Bonchev–Trinajstić information content (AvgIpc) is 3.00. The van der Waals surface area contributed by atoms with E-state index in [9.17, 15) is 4.79 Å². The van der Waals surface area contributed by atoms with Crippen LogP contribution in [0.25, 0.3) is 5.69 Å². The van der Waals surface area contributed by atoms with Gasteiger partial charge in [0.05, 0.1) is 23.6 Å². The number of hydrogen-bond acceptors (Lipinski definition) is 4. The lowest BCUT2D eigenvalue weighted by molar-refractivity contribution is 0.0708. The molecule has 0 radical (unpaired) electrons. The van der Waals surface area contributed by atoms with E-state index in [0.29, 0.717) is 17.8 Å². The summed E-state index contributed by atoms with van der Waals surface area (Å²) in [5, 5.41) is 8.26. The van der Waals surface area contributed by atoms with Crippen LogP contribution in [-0.2, 0) is 0 Å². The van der Waals surface area contributed by atoms with Crippen molar-refractivity contribution in [2.75, 3.05) is 13.1 Å². The lowest BCUT2D eigenvalue weighted by Gasteiger charge is -2.31. The van der Waals surface area contributed by atoms with Crippen LogP contribution in [0, 0.1) is 6.92 Å². The molecule has 6 nitrogen and oxygen atoms in total. The Morgan fingerprint density at radius 1 is 1.33 bits per heavy atom. The van der Waals surface area contributed by atoms with Crippen LogP contribution in [0.4, 0.5) is 0 Å². The molecule has 2 heterocycles. The Morgan fingerprint density at radius 3 is 2.81 bits per heavy atom. The number of nitrogens with two attached hydrogens (primary N) is 1. The number of aryl methyl sites for hydroxylation is 1. The van der Waals surface area contributed by atoms with E-state index in [1.807, 2.05) is 30.0 Å². The van der Waals surface area contributed by atoms with E-state index in [2.05, 4.69) is 10.2 Å². The number of carbonyl (C=O) groups excluding carboxylic acids is 1. The minimum atomic E-state index is 0.00106. The Bertz CT molecular complexity index is 638. The van der Waals surface area contributed by atoms with Gasteiger partial charge in [-0.25, -0.2) is 0 Å². The molecule has 1 amide bonds. The molecule has 1 unspecified atom stereocenters. The van der Waals surface area contributed by atoms with Crippen molar-refractivity contribution in [2.24, 2.45) is 5.73 Å². The van der Waals surface area contributed by atoms with Gasteiger partial charge in [0.2, 0.25) is 0 Å².